The number of hydrogen-bond donors (Lipinski definition) is 2. The summed E-state index contributed by atoms with van der Waals surface area (Å²) in [6, 6.07) is -0.492. The van der Waals surface area contributed by atoms with Crippen LogP contribution in [0.4, 0.5) is 11.5 Å². The Kier molecular flexibility index (Phi) is 5.92. The lowest BCUT2D eigenvalue weighted by atomic mass is 9.94. The molecule has 1 aromatic heterocycles. The fourth-order valence-corrected chi connectivity index (χ4v) is 4.02. The van der Waals surface area contributed by atoms with Gasteiger partial charge in [-0.3, -0.25) is 10.1 Å². The van der Waals surface area contributed by atoms with Crippen LogP contribution in [0.1, 0.15) is 27.2 Å². The fourth-order valence-electron chi connectivity index (χ4n) is 3.03. The van der Waals surface area contributed by atoms with Gasteiger partial charge in [0.15, 0.2) is 10.9 Å². The standard InChI is InChI=1S/C16H21ClN4O5S/c1-4-7-27-15-19-13(17)10(21(23)24)14(20-15)18-8-5-6-9(22)12-11(8)25-16(2,3)26-12/h5-6,8-9,11-12,22H,4,7H2,1-3H3,(H,18,19,20)/t8?,9?,11-,12+/m0/s1. The van der Waals surface area contributed by atoms with Crippen LogP contribution in [0.3, 0.4) is 0 Å². The van der Waals surface area contributed by atoms with E-state index < -0.39 is 40.8 Å². The number of fused-ring (bicyclic) bond motifs is 1. The maximum absolute atomic E-state index is 11.5. The molecule has 0 bridgehead atoms. The van der Waals surface area contributed by atoms with Crippen molar-refractivity contribution >= 4 is 34.9 Å². The van der Waals surface area contributed by atoms with Gasteiger partial charge >= 0.3 is 5.69 Å². The van der Waals surface area contributed by atoms with Crippen LogP contribution >= 0.6 is 23.4 Å². The van der Waals surface area contributed by atoms with Crippen molar-refractivity contribution in [2.45, 2.75) is 62.5 Å². The summed E-state index contributed by atoms with van der Waals surface area (Å²) in [4.78, 5) is 19.1. The van der Waals surface area contributed by atoms with Crippen molar-refractivity contribution in [2.75, 3.05) is 11.1 Å². The van der Waals surface area contributed by atoms with Gasteiger partial charge in [-0.2, -0.15) is 4.98 Å². The minimum atomic E-state index is -0.875. The lowest BCUT2D eigenvalue weighted by molar-refractivity contribution is -0.384. The van der Waals surface area contributed by atoms with Crippen LogP contribution in [0.15, 0.2) is 17.3 Å². The van der Waals surface area contributed by atoms with E-state index in [9.17, 15) is 15.2 Å². The Morgan fingerprint density at radius 2 is 2.07 bits per heavy atom. The van der Waals surface area contributed by atoms with Gasteiger partial charge in [0.25, 0.3) is 0 Å². The third kappa shape index (κ3) is 4.35. The Morgan fingerprint density at radius 3 is 2.74 bits per heavy atom. The summed E-state index contributed by atoms with van der Waals surface area (Å²) in [5.74, 6) is -0.102. The molecule has 0 aromatic carbocycles. The van der Waals surface area contributed by atoms with Gasteiger partial charge in [0.1, 0.15) is 18.3 Å². The smallest absolute Gasteiger partial charge is 0.348 e. The van der Waals surface area contributed by atoms with Crippen LogP contribution in [-0.2, 0) is 9.47 Å². The average Bonchev–Trinajstić information content (AvgIpc) is 2.91. The number of anilines is 1. The molecular formula is C16H21ClN4O5S. The van der Waals surface area contributed by atoms with E-state index in [-0.39, 0.29) is 11.0 Å². The van der Waals surface area contributed by atoms with Crippen LogP contribution in [0, 0.1) is 10.1 Å². The van der Waals surface area contributed by atoms with Gasteiger partial charge in [0, 0.05) is 5.75 Å². The molecule has 1 aliphatic heterocycles. The van der Waals surface area contributed by atoms with E-state index in [1.807, 2.05) is 6.92 Å². The Hall–Kier alpha value is -1.46. The molecule has 2 aliphatic rings. The van der Waals surface area contributed by atoms with E-state index in [0.29, 0.717) is 5.16 Å². The maximum atomic E-state index is 11.5. The quantitative estimate of drug-likeness (QED) is 0.180. The van der Waals surface area contributed by atoms with E-state index in [4.69, 9.17) is 21.1 Å². The van der Waals surface area contributed by atoms with Crippen molar-refractivity contribution in [1.82, 2.24) is 9.97 Å². The number of ether oxygens (including phenoxy) is 2. The third-order valence-corrected chi connectivity index (χ3v) is 5.43. The number of halogens is 1. The summed E-state index contributed by atoms with van der Waals surface area (Å²) in [6.07, 6.45) is 2.21. The van der Waals surface area contributed by atoms with Crippen LogP contribution in [0.2, 0.25) is 5.15 Å². The van der Waals surface area contributed by atoms with Gasteiger partial charge in [-0.25, -0.2) is 4.98 Å². The van der Waals surface area contributed by atoms with E-state index >= 15 is 0 Å². The SMILES string of the molecule is CCCSc1nc(Cl)c([N+](=O)[O-])c(NC2C=CC(O)[C@H]3OC(C)(C)O[C@@H]23)n1. The second kappa shape index (κ2) is 7.88. The van der Waals surface area contributed by atoms with Crippen molar-refractivity contribution in [3.63, 3.8) is 0 Å². The van der Waals surface area contributed by atoms with E-state index in [1.54, 1.807) is 26.0 Å². The lowest BCUT2D eigenvalue weighted by Crippen LogP contribution is -2.47. The van der Waals surface area contributed by atoms with Crippen LogP contribution in [0.25, 0.3) is 0 Å². The molecule has 2 N–H and O–H groups in total. The molecule has 1 fully saturated rings. The molecule has 0 radical (unpaired) electrons. The largest absolute Gasteiger partial charge is 0.386 e. The van der Waals surface area contributed by atoms with Crippen LogP contribution in [-0.4, -0.2) is 55.9 Å². The second-order valence-corrected chi connectivity index (χ2v) is 8.13. The molecule has 2 unspecified atom stereocenters. The number of rotatable bonds is 6. The first kappa shape index (κ1) is 20.3. The van der Waals surface area contributed by atoms with Crippen LogP contribution < -0.4 is 5.32 Å². The minimum Gasteiger partial charge on any atom is -0.386 e. The van der Waals surface area contributed by atoms with Gasteiger partial charge in [-0.15, -0.1) is 0 Å². The molecule has 3 rings (SSSR count). The van der Waals surface area contributed by atoms with Crippen molar-refractivity contribution in [3.05, 3.63) is 27.4 Å². The number of aliphatic hydroxyl groups excluding tert-OH is 1. The van der Waals surface area contributed by atoms with E-state index in [1.165, 1.54) is 11.8 Å². The molecule has 1 aromatic rings. The highest BCUT2D eigenvalue weighted by atomic mass is 35.5. The molecule has 1 aliphatic carbocycles. The molecule has 148 valence electrons. The van der Waals surface area contributed by atoms with Gasteiger partial charge in [-0.1, -0.05) is 42.4 Å². The molecule has 1 saturated heterocycles. The minimum absolute atomic E-state index is 0.0108. The highest BCUT2D eigenvalue weighted by molar-refractivity contribution is 7.99. The zero-order valence-corrected chi connectivity index (χ0v) is 16.7. The normalized spacial score (nSPS) is 28.8. The predicted octanol–water partition coefficient (Wildman–Crippen LogP) is 2.77. The number of nitrogens with one attached hydrogen (secondary N) is 1. The molecule has 0 saturated carbocycles. The Balaban J connectivity index is 1.92. The Bertz CT molecular complexity index is 763. The molecule has 9 nitrogen and oxygen atoms in total. The maximum Gasteiger partial charge on any atom is 0.348 e. The summed E-state index contributed by atoms with van der Waals surface area (Å²) < 4.78 is 11.6. The highest BCUT2D eigenvalue weighted by Crippen LogP contribution is 2.38. The summed E-state index contributed by atoms with van der Waals surface area (Å²) in [5, 5.41) is 24.8. The number of aliphatic hydroxyl groups is 1. The van der Waals surface area contributed by atoms with E-state index in [0.717, 1.165) is 12.2 Å². The van der Waals surface area contributed by atoms with E-state index in [2.05, 4.69) is 15.3 Å². The molecule has 0 amide bonds. The number of thioether (sulfide) groups is 1. The lowest BCUT2D eigenvalue weighted by Gasteiger charge is -2.30. The zero-order valence-electron chi connectivity index (χ0n) is 15.1. The first-order valence-electron chi connectivity index (χ1n) is 8.55. The summed E-state index contributed by atoms with van der Waals surface area (Å²) in [6.45, 7) is 5.51. The zero-order chi connectivity index (χ0) is 19.8. The fraction of sp³-hybridized carbons (Fsp3) is 0.625. The van der Waals surface area contributed by atoms with Gasteiger partial charge in [-0.05, 0) is 20.3 Å². The van der Waals surface area contributed by atoms with Crippen molar-refractivity contribution in [2.24, 2.45) is 0 Å². The van der Waals surface area contributed by atoms with Crippen molar-refractivity contribution in [1.29, 1.82) is 0 Å². The summed E-state index contributed by atoms with van der Waals surface area (Å²) in [7, 11) is 0. The topological polar surface area (TPSA) is 120 Å². The third-order valence-electron chi connectivity index (χ3n) is 4.11. The number of aromatic nitrogens is 2. The molecule has 2 heterocycles. The Labute approximate surface area is 165 Å². The van der Waals surface area contributed by atoms with Crippen LogP contribution in [0.5, 0.6) is 0 Å². The van der Waals surface area contributed by atoms with Gasteiger partial charge in [0.2, 0.25) is 11.0 Å². The molecule has 4 atom stereocenters. The number of nitrogens with zero attached hydrogens (tertiary/aromatic N) is 3. The first-order chi connectivity index (χ1) is 12.7. The molecule has 27 heavy (non-hydrogen) atoms. The van der Waals surface area contributed by atoms with Gasteiger partial charge in [0.05, 0.1) is 11.0 Å². The molecule has 11 heteroatoms. The molecule has 0 spiro atoms. The monoisotopic (exact) mass is 416 g/mol. The number of nitro groups is 1. The first-order valence-corrected chi connectivity index (χ1v) is 9.91. The average molecular weight is 417 g/mol. The Morgan fingerprint density at radius 1 is 1.37 bits per heavy atom. The second-order valence-electron chi connectivity index (χ2n) is 6.71. The van der Waals surface area contributed by atoms with Crippen molar-refractivity contribution < 1.29 is 19.5 Å². The molecular weight excluding hydrogens is 396 g/mol. The summed E-state index contributed by atoms with van der Waals surface area (Å²) in [5.41, 5.74) is -0.397. The highest BCUT2D eigenvalue weighted by Gasteiger charge is 2.49. The summed E-state index contributed by atoms with van der Waals surface area (Å²) >= 11 is 7.41. The van der Waals surface area contributed by atoms with Gasteiger partial charge < -0.3 is 19.9 Å². The predicted molar refractivity (Wildman–Crippen MR) is 101 cm³/mol. The van der Waals surface area contributed by atoms with Crippen molar-refractivity contribution in [3.8, 4) is 0 Å². The number of hydrogen-bond acceptors (Lipinski definition) is 9.